The van der Waals surface area contributed by atoms with E-state index in [4.69, 9.17) is 11.6 Å². The summed E-state index contributed by atoms with van der Waals surface area (Å²) < 4.78 is 38.5. The third-order valence-electron chi connectivity index (χ3n) is 2.52. The Morgan fingerprint density at radius 1 is 1.44 bits per heavy atom. The Morgan fingerprint density at radius 3 is 2.50 bits per heavy atom. The minimum atomic E-state index is -3.60. The van der Waals surface area contributed by atoms with Crippen LogP contribution in [-0.2, 0) is 10.0 Å². The second-order valence-corrected chi connectivity index (χ2v) is 6.50. The predicted octanol–water partition coefficient (Wildman–Crippen LogP) is 2.61. The zero-order chi connectivity index (χ0) is 13.9. The lowest BCUT2D eigenvalue weighted by molar-refractivity contribution is 0.605. The summed E-state index contributed by atoms with van der Waals surface area (Å²) in [6.07, 6.45) is 0. The number of anilines is 2. The average molecular weight is 295 g/mol. The van der Waals surface area contributed by atoms with Crippen LogP contribution in [0.5, 0.6) is 0 Å². The first-order valence-corrected chi connectivity index (χ1v) is 7.54. The molecule has 0 saturated heterocycles. The van der Waals surface area contributed by atoms with Crippen molar-refractivity contribution in [2.75, 3.05) is 21.9 Å². The summed E-state index contributed by atoms with van der Waals surface area (Å²) in [5.41, 5.74) is 0.577. The lowest BCUT2D eigenvalue weighted by Crippen LogP contribution is -2.26. The summed E-state index contributed by atoms with van der Waals surface area (Å²) in [6.45, 7) is 3.87. The molecule has 4 nitrogen and oxygen atoms in total. The SMILES string of the molecule is CC(C)N(C)c1ccc(NS(=O)(=O)CCl)cc1F. The van der Waals surface area contributed by atoms with E-state index in [0.29, 0.717) is 5.69 Å². The number of nitrogens with one attached hydrogen (secondary N) is 1. The van der Waals surface area contributed by atoms with Gasteiger partial charge < -0.3 is 4.90 Å². The van der Waals surface area contributed by atoms with E-state index in [1.54, 1.807) is 11.9 Å². The highest BCUT2D eigenvalue weighted by molar-refractivity contribution is 7.93. The summed E-state index contributed by atoms with van der Waals surface area (Å²) in [5.74, 6) is -0.485. The van der Waals surface area contributed by atoms with Crippen molar-refractivity contribution in [3.8, 4) is 0 Å². The molecule has 1 aromatic carbocycles. The molecule has 0 amide bonds. The van der Waals surface area contributed by atoms with Crippen LogP contribution >= 0.6 is 11.6 Å². The van der Waals surface area contributed by atoms with E-state index in [1.165, 1.54) is 12.1 Å². The minimum Gasteiger partial charge on any atom is -0.370 e. The molecule has 102 valence electrons. The molecular weight excluding hydrogens is 279 g/mol. The molecule has 1 N–H and O–H groups in total. The topological polar surface area (TPSA) is 49.4 Å². The summed E-state index contributed by atoms with van der Waals surface area (Å²) in [6, 6.07) is 4.31. The van der Waals surface area contributed by atoms with Gasteiger partial charge in [0.1, 0.15) is 11.0 Å². The number of halogens is 2. The molecule has 1 aromatic rings. The van der Waals surface area contributed by atoms with Crippen molar-refractivity contribution < 1.29 is 12.8 Å². The second-order valence-electron chi connectivity index (χ2n) is 4.20. The summed E-state index contributed by atoms with van der Waals surface area (Å²) in [4.78, 5) is 1.76. The maximum absolute atomic E-state index is 13.8. The maximum Gasteiger partial charge on any atom is 0.246 e. The highest BCUT2D eigenvalue weighted by atomic mass is 35.5. The van der Waals surface area contributed by atoms with Crippen LogP contribution in [0, 0.1) is 5.82 Å². The fourth-order valence-electron chi connectivity index (χ4n) is 1.34. The van der Waals surface area contributed by atoms with Crippen molar-refractivity contribution in [1.29, 1.82) is 0 Å². The highest BCUT2D eigenvalue weighted by Crippen LogP contribution is 2.24. The van der Waals surface area contributed by atoms with Gasteiger partial charge in [-0.05, 0) is 26.0 Å². The normalized spacial score (nSPS) is 11.7. The van der Waals surface area contributed by atoms with Crippen molar-refractivity contribution in [1.82, 2.24) is 0 Å². The zero-order valence-corrected chi connectivity index (χ0v) is 12.0. The Kier molecular flexibility index (Phi) is 4.81. The van der Waals surface area contributed by atoms with Crippen LogP contribution in [0.2, 0.25) is 0 Å². The largest absolute Gasteiger partial charge is 0.370 e. The van der Waals surface area contributed by atoms with Crippen molar-refractivity contribution in [2.45, 2.75) is 19.9 Å². The smallest absolute Gasteiger partial charge is 0.246 e. The van der Waals surface area contributed by atoms with E-state index in [1.807, 2.05) is 13.8 Å². The maximum atomic E-state index is 13.8. The Balaban J connectivity index is 3.00. The molecule has 0 fully saturated rings. The van der Waals surface area contributed by atoms with Crippen molar-refractivity contribution in [2.24, 2.45) is 0 Å². The van der Waals surface area contributed by atoms with Gasteiger partial charge in [-0.3, -0.25) is 4.72 Å². The molecule has 18 heavy (non-hydrogen) atoms. The summed E-state index contributed by atoms with van der Waals surface area (Å²) >= 11 is 5.25. The summed E-state index contributed by atoms with van der Waals surface area (Å²) in [5, 5.41) is -0.567. The predicted molar refractivity (Wildman–Crippen MR) is 73.2 cm³/mol. The summed E-state index contributed by atoms with van der Waals surface area (Å²) in [7, 11) is -1.83. The average Bonchev–Trinajstić information content (AvgIpc) is 2.28. The zero-order valence-electron chi connectivity index (χ0n) is 10.4. The van der Waals surface area contributed by atoms with E-state index in [0.717, 1.165) is 6.07 Å². The van der Waals surface area contributed by atoms with Crippen molar-refractivity contribution in [3.63, 3.8) is 0 Å². The highest BCUT2D eigenvalue weighted by Gasteiger charge is 2.13. The first-order valence-electron chi connectivity index (χ1n) is 5.35. The third kappa shape index (κ3) is 3.74. The van der Waals surface area contributed by atoms with Crippen LogP contribution in [0.25, 0.3) is 0 Å². The standard InChI is InChI=1S/C11H16ClFN2O2S/c1-8(2)15(3)11-5-4-9(6-10(11)13)14-18(16,17)7-12/h4-6,8,14H,7H2,1-3H3. The lowest BCUT2D eigenvalue weighted by atomic mass is 10.2. The second kappa shape index (κ2) is 5.75. The molecule has 0 aliphatic rings. The quantitative estimate of drug-likeness (QED) is 0.849. The van der Waals surface area contributed by atoms with Gasteiger partial charge >= 0.3 is 0 Å². The number of nitrogens with zero attached hydrogens (tertiary/aromatic N) is 1. The van der Waals surface area contributed by atoms with Crippen LogP contribution in [0.15, 0.2) is 18.2 Å². The molecule has 7 heteroatoms. The van der Waals surface area contributed by atoms with Crippen LogP contribution < -0.4 is 9.62 Å². The van der Waals surface area contributed by atoms with E-state index in [9.17, 15) is 12.8 Å². The minimum absolute atomic E-state index is 0.143. The lowest BCUT2D eigenvalue weighted by Gasteiger charge is -2.24. The molecule has 0 aliphatic heterocycles. The van der Waals surface area contributed by atoms with Gasteiger partial charge in [0, 0.05) is 19.2 Å². The van der Waals surface area contributed by atoms with Gasteiger partial charge in [-0.2, -0.15) is 0 Å². The van der Waals surface area contributed by atoms with Gasteiger partial charge in [0.15, 0.2) is 0 Å². The van der Waals surface area contributed by atoms with Gasteiger partial charge in [-0.25, -0.2) is 12.8 Å². The number of sulfonamides is 1. The van der Waals surface area contributed by atoms with E-state index >= 15 is 0 Å². The number of rotatable bonds is 5. The first-order chi connectivity index (χ1) is 8.26. The van der Waals surface area contributed by atoms with Crippen LogP contribution in [0.3, 0.4) is 0 Å². The van der Waals surface area contributed by atoms with E-state index in [-0.39, 0.29) is 11.7 Å². The molecule has 0 bridgehead atoms. The molecule has 0 heterocycles. The number of benzene rings is 1. The van der Waals surface area contributed by atoms with Gasteiger partial charge in [0.25, 0.3) is 0 Å². The van der Waals surface area contributed by atoms with Gasteiger partial charge in [0.2, 0.25) is 10.0 Å². The van der Waals surface area contributed by atoms with Crippen LogP contribution in [0.4, 0.5) is 15.8 Å². The molecular formula is C11H16ClFN2O2S. The monoisotopic (exact) mass is 294 g/mol. The van der Waals surface area contributed by atoms with Gasteiger partial charge in [-0.15, -0.1) is 11.6 Å². The number of hydrogen-bond donors (Lipinski definition) is 1. The van der Waals surface area contributed by atoms with Gasteiger partial charge in [0.05, 0.1) is 11.4 Å². The Hall–Kier alpha value is -1.01. The van der Waals surface area contributed by atoms with Crippen molar-refractivity contribution in [3.05, 3.63) is 24.0 Å². The number of hydrogen-bond acceptors (Lipinski definition) is 3. The molecule has 0 atom stereocenters. The molecule has 0 unspecified atom stereocenters. The Labute approximate surface area is 112 Å². The fraction of sp³-hybridized carbons (Fsp3) is 0.455. The van der Waals surface area contributed by atoms with E-state index < -0.39 is 21.1 Å². The van der Waals surface area contributed by atoms with Crippen molar-refractivity contribution >= 4 is 33.0 Å². The fourth-order valence-corrected chi connectivity index (χ4v) is 2.05. The first kappa shape index (κ1) is 15.0. The Bertz CT molecular complexity index is 520. The molecule has 0 aliphatic carbocycles. The molecule has 1 rings (SSSR count). The molecule has 0 radical (unpaired) electrons. The number of alkyl halides is 1. The third-order valence-corrected chi connectivity index (χ3v) is 4.22. The van der Waals surface area contributed by atoms with Gasteiger partial charge in [-0.1, -0.05) is 0 Å². The van der Waals surface area contributed by atoms with E-state index in [2.05, 4.69) is 4.72 Å². The Morgan fingerprint density at radius 2 is 2.06 bits per heavy atom. The molecule has 0 saturated carbocycles. The van der Waals surface area contributed by atoms with Crippen LogP contribution in [0.1, 0.15) is 13.8 Å². The van der Waals surface area contributed by atoms with Crippen LogP contribution in [-0.4, -0.2) is 26.7 Å². The molecule has 0 spiro atoms. The molecule has 0 aromatic heterocycles.